The molecule has 0 aromatic heterocycles. The number of aryl methyl sites for hydroxylation is 2. The maximum Gasteiger partial charge on any atom is 0.316 e. The molecule has 1 aromatic rings. The number of benzene rings is 1. The Balaban J connectivity index is 2.04. The van der Waals surface area contributed by atoms with Crippen LogP contribution in [0.25, 0.3) is 0 Å². The van der Waals surface area contributed by atoms with Crippen LogP contribution in [0.1, 0.15) is 44.7 Å². The smallest absolute Gasteiger partial charge is 0.316 e. The molecule has 0 bridgehead atoms. The quantitative estimate of drug-likeness (QED) is 0.618. The van der Waals surface area contributed by atoms with Crippen LogP contribution < -0.4 is 0 Å². The summed E-state index contributed by atoms with van der Waals surface area (Å²) in [6, 6.07) is 4.70. The summed E-state index contributed by atoms with van der Waals surface area (Å²) < 4.78 is 18.7. The fourth-order valence-corrected chi connectivity index (χ4v) is 2.87. The molecule has 0 amide bonds. The highest BCUT2D eigenvalue weighted by Gasteiger charge is 2.37. The van der Waals surface area contributed by atoms with Gasteiger partial charge in [0.2, 0.25) is 0 Å². The summed E-state index contributed by atoms with van der Waals surface area (Å²) >= 11 is 0. The summed E-state index contributed by atoms with van der Waals surface area (Å²) in [6.45, 7) is 5.88. The number of esters is 1. The van der Waals surface area contributed by atoms with Gasteiger partial charge in [-0.25, -0.2) is 4.39 Å². The first-order valence-corrected chi connectivity index (χ1v) is 7.92. The molecule has 2 atom stereocenters. The van der Waals surface area contributed by atoms with Gasteiger partial charge in [0.15, 0.2) is 5.78 Å². The van der Waals surface area contributed by atoms with E-state index in [4.69, 9.17) is 4.74 Å². The molecule has 2 unspecified atom stereocenters. The number of carbonyl (C=O) groups excluding carboxylic acids is 2. The van der Waals surface area contributed by atoms with E-state index in [1.165, 1.54) is 12.1 Å². The van der Waals surface area contributed by atoms with Crippen LogP contribution in [0.5, 0.6) is 0 Å². The van der Waals surface area contributed by atoms with E-state index < -0.39 is 11.9 Å². The average Bonchev–Trinajstić information content (AvgIpc) is 2.46. The van der Waals surface area contributed by atoms with Crippen LogP contribution in [0.15, 0.2) is 18.2 Å². The van der Waals surface area contributed by atoms with E-state index in [1.807, 2.05) is 20.8 Å². The number of carbonyl (C=O) groups is 2. The highest BCUT2D eigenvalue weighted by atomic mass is 19.1. The Hall–Kier alpha value is -1.71. The molecule has 0 radical (unpaired) electrons. The molecular formula is C18H23FO3. The predicted octanol–water partition coefficient (Wildman–Crippen LogP) is 3.48. The molecule has 3 nitrogen and oxygen atoms in total. The van der Waals surface area contributed by atoms with Crippen molar-refractivity contribution < 1.29 is 18.7 Å². The van der Waals surface area contributed by atoms with Crippen LogP contribution in [-0.2, 0) is 27.2 Å². The number of rotatable bonds is 5. The van der Waals surface area contributed by atoms with E-state index >= 15 is 0 Å². The molecule has 1 aliphatic heterocycles. The van der Waals surface area contributed by atoms with E-state index in [0.717, 1.165) is 17.5 Å². The van der Waals surface area contributed by atoms with Gasteiger partial charge in [-0.05, 0) is 48.4 Å². The number of hydrogen-bond donors (Lipinski definition) is 0. The second kappa shape index (κ2) is 7.03. The molecule has 2 rings (SSSR count). The topological polar surface area (TPSA) is 43.4 Å². The van der Waals surface area contributed by atoms with Gasteiger partial charge in [-0.1, -0.05) is 26.8 Å². The third kappa shape index (κ3) is 3.73. The SMILES string of the molecule is CCc1ccc(F)cc1CCC1C(=O)CC(C(C)C)OC1=O. The van der Waals surface area contributed by atoms with Crippen molar-refractivity contribution in [1.82, 2.24) is 0 Å². The molecule has 0 aliphatic carbocycles. The molecular weight excluding hydrogens is 283 g/mol. The van der Waals surface area contributed by atoms with Crippen molar-refractivity contribution in [3.8, 4) is 0 Å². The first-order valence-electron chi connectivity index (χ1n) is 7.92. The average molecular weight is 306 g/mol. The zero-order valence-electron chi connectivity index (χ0n) is 13.4. The summed E-state index contributed by atoms with van der Waals surface area (Å²) in [4.78, 5) is 24.2. The van der Waals surface area contributed by atoms with Gasteiger partial charge in [0.05, 0.1) is 0 Å². The van der Waals surface area contributed by atoms with Crippen molar-refractivity contribution in [3.05, 3.63) is 35.1 Å². The lowest BCUT2D eigenvalue weighted by atomic mass is 9.87. The summed E-state index contributed by atoms with van der Waals surface area (Å²) in [5, 5.41) is 0. The summed E-state index contributed by atoms with van der Waals surface area (Å²) in [6.07, 6.45) is 1.68. The van der Waals surface area contributed by atoms with Crippen molar-refractivity contribution in [2.24, 2.45) is 11.8 Å². The van der Waals surface area contributed by atoms with E-state index in [2.05, 4.69) is 0 Å². The molecule has 0 N–H and O–H groups in total. The molecule has 22 heavy (non-hydrogen) atoms. The van der Waals surface area contributed by atoms with Gasteiger partial charge >= 0.3 is 5.97 Å². The Bertz CT molecular complexity index is 547. The molecule has 0 spiro atoms. The van der Waals surface area contributed by atoms with Gasteiger partial charge in [0, 0.05) is 6.42 Å². The van der Waals surface area contributed by atoms with E-state index in [1.54, 1.807) is 6.07 Å². The van der Waals surface area contributed by atoms with Crippen LogP contribution in [0, 0.1) is 17.7 Å². The normalized spacial score (nSPS) is 22.0. The number of halogens is 1. The van der Waals surface area contributed by atoms with E-state index in [0.29, 0.717) is 12.8 Å². The Kier molecular flexibility index (Phi) is 5.33. The van der Waals surface area contributed by atoms with Crippen molar-refractivity contribution in [3.63, 3.8) is 0 Å². The van der Waals surface area contributed by atoms with Gasteiger partial charge in [-0.15, -0.1) is 0 Å². The summed E-state index contributed by atoms with van der Waals surface area (Å²) in [5.41, 5.74) is 1.92. The largest absolute Gasteiger partial charge is 0.461 e. The first-order chi connectivity index (χ1) is 10.4. The number of hydrogen-bond acceptors (Lipinski definition) is 3. The number of ether oxygens (including phenoxy) is 1. The maximum atomic E-state index is 13.4. The third-order valence-corrected chi connectivity index (χ3v) is 4.34. The number of cyclic esters (lactones) is 1. The second-order valence-corrected chi connectivity index (χ2v) is 6.25. The highest BCUT2D eigenvalue weighted by molar-refractivity contribution is 6.01. The third-order valence-electron chi connectivity index (χ3n) is 4.34. The molecule has 1 saturated heterocycles. The summed E-state index contributed by atoms with van der Waals surface area (Å²) in [5.74, 6) is -1.33. The minimum absolute atomic E-state index is 0.0515. The lowest BCUT2D eigenvalue weighted by Gasteiger charge is -2.29. The lowest BCUT2D eigenvalue weighted by Crippen LogP contribution is -2.40. The molecule has 120 valence electrons. The highest BCUT2D eigenvalue weighted by Crippen LogP contribution is 2.26. The van der Waals surface area contributed by atoms with Gasteiger partial charge in [0.1, 0.15) is 17.8 Å². The lowest BCUT2D eigenvalue weighted by molar-refractivity contribution is -0.167. The maximum absolute atomic E-state index is 13.4. The molecule has 4 heteroatoms. The Morgan fingerprint density at radius 2 is 2.00 bits per heavy atom. The van der Waals surface area contributed by atoms with E-state index in [9.17, 15) is 14.0 Å². The van der Waals surface area contributed by atoms with Gasteiger partial charge in [-0.2, -0.15) is 0 Å². The standard InChI is InChI=1S/C18H23FO3/c1-4-12-5-7-14(19)9-13(12)6-8-15-16(20)10-17(11(2)3)22-18(15)21/h5,7,9,11,15,17H,4,6,8,10H2,1-3H3. The monoisotopic (exact) mass is 306 g/mol. The Morgan fingerprint density at radius 1 is 1.27 bits per heavy atom. The minimum atomic E-state index is -0.706. The van der Waals surface area contributed by atoms with Crippen molar-refractivity contribution in [2.75, 3.05) is 0 Å². The van der Waals surface area contributed by atoms with E-state index in [-0.39, 0.29) is 30.0 Å². The van der Waals surface area contributed by atoms with Crippen molar-refractivity contribution >= 4 is 11.8 Å². The summed E-state index contributed by atoms with van der Waals surface area (Å²) in [7, 11) is 0. The second-order valence-electron chi connectivity index (χ2n) is 6.25. The Labute approximate surface area is 130 Å². The van der Waals surface area contributed by atoms with Crippen molar-refractivity contribution in [1.29, 1.82) is 0 Å². The van der Waals surface area contributed by atoms with Crippen LogP contribution in [0.2, 0.25) is 0 Å². The number of ketones is 1. The van der Waals surface area contributed by atoms with Crippen molar-refractivity contribution in [2.45, 2.75) is 52.6 Å². The Morgan fingerprint density at radius 3 is 2.59 bits per heavy atom. The predicted molar refractivity (Wildman–Crippen MR) is 81.9 cm³/mol. The molecule has 1 aromatic carbocycles. The molecule has 1 heterocycles. The molecule has 0 saturated carbocycles. The zero-order chi connectivity index (χ0) is 16.3. The molecule has 1 aliphatic rings. The van der Waals surface area contributed by atoms with Crippen LogP contribution in [-0.4, -0.2) is 17.9 Å². The molecule has 1 fully saturated rings. The van der Waals surface area contributed by atoms with Gasteiger partial charge in [0.25, 0.3) is 0 Å². The van der Waals surface area contributed by atoms with Crippen LogP contribution in [0.4, 0.5) is 4.39 Å². The minimum Gasteiger partial charge on any atom is -0.461 e. The van der Waals surface area contributed by atoms with Crippen LogP contribution in [0.3, 0.4) is 0 Å². The number of Topliss-reactive ketones (excluding diaryl/α,β-unsaturated/α-hetero) is 1. The van der Waals surface area contributed by atoms with Crippen LogP contribution >= 0.6 is 0 Å². The fraction of sp³-hybridized carbons (Fsp3) is 0.556. The van der Waals surface area contributed by atoms with Gasteiger partial charge < -0.3 is 4.74 Å². The first kappa shape index (κ1) is 16.7. The van der Waals surface area contributed by atoms with Gasteiger partial charge in [-0.3, -0.25) is 9.59 Å². The fourth-order valence-electron chi connectivity index (χ4n) is 2.87. The zero-order valence-corrected chi connectivity index (χ0v) is 13.4.